The number of amides is 2. The van der Waals surface area contributed by atoms with Crippen molar-refractivity contribution in [3.8, 4) is 0 Å². The fourth-order valence-electron chi connectivity index (χ4n) is 4.31. The molecule has 0 aliphatic heterocycles. The van der Waals surface area contributed by atoms with E-state index in [4.69, 9.17) is 0 Å². The van der Waals surface area contributed by atoms with Crippen LogP contribution in [0.1, 0.15) is 62.1 Å². The maximum atomic E-state index is 13.4. The topological polar surface area (TPSA) is 49.4 Å². The molecule has 3 rings (SSSR count). The first-order valence-electron chi connectivity index (χ1n) is 11.3. The average molecular weight is 407 g/mol. The Balaban J connectivity index is 1.86. The van der Waals surface area contributed by atoms with Crippen LogP contribution >= 0.6 is 0 Å². The zero-order chi connectivity index (χ0) is 21.3. The molecule has 1 N–H and O–H groups in total. The van der Waals surface area contributed by atoms with Crippen molar-refractivity contribution in [1.82, 2.24) is 10.2 Å². The second-order valence-corrected chi connectivity index (χ2v) is 8.41. The maximum absolute atomic E-state index is 13.4. The summed E-state index contributed by atoms with van der Waals surface area (Å²) in [7, 11) is 0. The highest BCUT2D eigenvalue weighted by atomic mass is 16.2. The number of benzene rings is 2. The van der Waals surface area contributed by atoms with Crippen LogP contribution in [0.2, 0.25) is 0 Å². The van der Waals surface area contributed by atoms with Gasteiger partial charge >= 0.3 is 0 Å². The van der Waals surface area contributed by atoms with E-state index in [0.29, 0.717) is 19.4 Å². The first kappa shape index (κ1) is 22.1. The number of hydrogen-bond donors (Lipinski definition) is 1. The molecule has 160 valence electrons. The third kappa shape index (κ3) is 6.19. The summed E-state index contributed by atoms with van der Waals surface area (Å²) < 4.78 is 0. The standard InChI is InChI=1S/C26H34N2O2/c1-3-25(29)28(19-22-14-10-11-20(2)17-22)24(18-21-12-6-4-7-13-21)26(30)27-23-15-8-5-9-16-23/h4,6-7,10-14,17,23-24H,3,5,8-9,15-16,18-19H2,1-2H3,(H,27,30). The van der Waals surface area contributed by atoms with E-state index in [-0.39, 0.29) is 17.9 Å². The highest BCUT2D eigenvalue weighted by Gasteiger charge is 2.31. The molecule has 0 spiro atoms. The Bertz CT molecular complexity index is 828. The Kier molecular flexibility index (Phi) is 8.06. The predicted octanol–water partition coefficient (Wildman–Crippen LogP) is 4.79. The number of carbonyl (C=O) groups is 2. The van der Waals surface area contributed by atoms with Crippen LogP contribution in [0.25, 0.3) is 0 Å². The maximum Gasteiger partial charge on any atom is 0.243 e. The zero-order valence-corrected chi connectivity index (χ0v) is 18.3. The number of nitrogens with one attached hydrogen (secondary N) is 1. The smallest absolute Gasteiger partial charge is 0.243 e. The van der Waals surface area contributed by atoms with Crippen molar-refractivity contribution in [2.75, 3.05) is 0 Å². The van der Waals surface area contributed by atoms with Crippen LogP contribution in [0.15, 0.2) is 54.6 Å². The number of aryl methyl sites for hydroxylation is 1. The van der Waals surface area contributed by atoms with Gasteiger partial charge < -0.3 is 10.2 Å². The molecule has 30 heavy (non-hydrogen) atoms. The first-order chi connectivity index (χ1) is 14.6. The molecule has 1 aliphatic carbocycles. The third-order valence-corrected chi connectivity index (χ3v) is 5.96. The van der Waals surface area contributed by atoms with Gasteiger partial charge in [-0.15, -0.1) is 0 Å². The lowest BCUT2D eigenvalue weighted by atomic mass is 9.94. The molecule has 2 amide bonds. The minimum Gasteiger partial charge on any atom is -0.352 e. The van der Waals surface area contributed by atoms with E-state index in [1.54, 1.807) is 4.90 Å². The SMILES string of the molecule is CCC(=O)N(Cc1cccc(C)c1)C(Cc1ccccc1)C(=O)NC1CCCCC1. The van der Waals surface area contributed by atoms with Crippen LogP contribution in [-0.4, -0.2) is 28.8 Å². The summed E-state index contributed by atoms with van der Waals surface area (Å²) in [5.41, 5.74) is 3.28. The molecule has 2 aromatic carbocycles. The van der Waals surface area contributed by atoms with E-state index in [9.17, 15) is 9.59 Å². The molecule has 1 aliphatic rings. The molecule has 0 heterocycles. The predicted molar refractivity (Wildman–Crippen MR) is 121 cm³/mol. The molecule has 0 bridgehead atoms. The minimum atomic E-state index is -0.512. The second kappa shape index (κ2) is 11.0. The summed E-state index contributed by atoms with van der Waals surface area (Å²) in [4.78, 5) is 28.2. The van der Waals surface area contributed by atoms with Crippen molar-refractivity contribution in [1.29, 1.82) is 0 Å². The number of hydrogen-bond acceptors (Lipinski definition) is 2. The van der Waals surface area contributed by atoms with Crippen molar-refractivity contribution in [2.45, 2.75) is 77.4 Å². The Morgan fingerprint density at radius 3 is 2.37 bits per heavy atom. The molecule has 2 aromatic rings. The lowest BCUT2D eigenvalue weighted by Gasteiger charge is -2.33. The average Bonchev–Trinajstić information content (AvgIpc) is 2.77. The highest BCUT2D eigenvalue weighted by Crippen LogP contribution is 2.20. The zero-order valence-electron chi connectivity index (χ0n) is 18.3. The van der Waals surface area contributed by atoms with E-state index in [1.807, 2.05) is 62.4 Å². The highest BCUT2D eigenvalue weighted by molar-refractivity contribution is 5.88. The van der Waals surface area contributed by atoms with Crippen LogP contribution in [0, 0.1) is 6.92 Å². The van der Waals surface area contributed by atoms with Crippen molar-refractivity contribution < 1.29 is 9.59 Å². The molecule has 1 unspecified atom stereocenters. The van der Waals surface area contributed by atoms with Gasteiger partial charge in [0, 0.05) is 25.4 Å². The van der Waals surface area contributed by atoms with Crippen LogP contribution < -0.4 is 5.32 Å². The Hall–Kier alpha value is -2.62. The summed E-state index contributed by atoms with van der Waals surface area (Å²) in [6, 6.07) is 17.9. The Morgan fingerprint density at radius 2 is 1.70 bits per heavy atom. The number of carbonyl (C=O) groups excluding carboxylic acids is 2. The first-order valence-corrected chi connectivity index (χ1v) is 11.3. The summed E-state index contributed by atoms with van der Waals surface area (Å²) in [6.45, 7) is 4.36. The fraction of sp³-hybridized carbons (Fsp3) is 0.462. The number of nitrogens with zero attached hydrogens (tertiary/aromatic N) is 1. The van der Waals surface area contributed by atoms with Gasteiger partial charge in [0.15, 0.2) is 0 Å². The van der Waals surface area contributed by atoms with Crippen molar-refractivity contribution in [3.05, 3.63) is 71.3 Å². The van der Waals surface area contributed by atoms with Crippen molar-refractivity contribution in [2.24, 2.45) is 0 Å². The molecule has 4 nitrogen and oxygen atoms in total. The summed E-state index contributed by atoms with van der Waals surface area (Å²) in [5.74, 6) is -0.0172. The quantitative estimate of drug-likeness (QED) is 0.685. The summed E-state index contributed by atoms with van der Waals surface area (Å²) >= 11 is 0. The molecule has 4 heteroatoms. The van der Waals surface area contributed by atoms with Crippen LogP contribution in [0.4, 0.5) is 0 Å². The van der Waals surface area contributed by atoms with E-state index >= 15 is 0 Å². The van der Waals surface area contributed by atoms with Gasteiger partial charge in [-0.2, -0.15) is 0 Å². The lowest BCUT2D eigenvalue weighted by molar-refractivity contribution is -0.141. The van der Waals surface area contributed by atoms with Crippen LogP contribution in [-0.2, 0) is 22.6 Å². The molecule has 0 saturated heterocycles. The van der Waals surface area contributed by atoms with Gasteiger partial charge in [0.25, 0.3) is 0 Å². The molecule has 0 aromatic heterocycles. The molecule has 0 radical (unpaired) electrons. The largest absolute Gasteiger partial charge is 0.352 e. The Morgan fingerprint density at radius 1 is 1.00 bits per heavy atom. The molecular weight excluding hydrogens is 372 g/mol. The monoisotopic (exact) mass is 406 g/mol. The van der Waals surface area contributed by atoms with Crippen LogP contribution in [0.3, 0.4) is 0 Å². The summed E-state index contributed by atoms with van der Waals surface area (Å²) in [5, 5.41) is 3.26. The van der Waals surface area contributed by atoms with Gasteiger partial charge in [-0.25, -0.2) is 0 Å². The fourth-order valence-corrected chi connectivity index (χ4v) is 4.31. The van der Waals surface area contributed by atoms with E-state index in [1.165, 1.54) is 6.42 Å². The van der Waals surface area contributed by atoms with E-state index in [0.717, 1.165) is 42.4 Å². The minimum absolute atomic E-state index is 0.0104. The van der Waals surface area contributed by atoms with E-state index < -0.39 is 6.04 Å². The molecule has 1 fully saturated rings. The van der Waals surface area contributed by atoms with Gasteiger partial charge in [-0.3, -0.25) is 9.59 Å². The van der Waals surface area contributed by atoms with Gasteiger partial charge in [0.05, 0.1) is 0 Å². The summed E-state index contributed by atoms with van der Waals surface area (Å²) in [6.07, 6.45) is 6.54. The van der Waals surface area contributed by atoms with Crippen molar-refractivity contribution in [3.63, 3.8) is 0 Å². The lowest BCUT2D eigenvalue weighted by Crippen LogP contribution is -2.52. The van der Waals surface area contributed by atoms with Gasteiger partial charge in [-0.1, -0.05) is 86.3 Å². The molecule has 1 atom stereocenters. The van der Waals surface area contributed by atoms with Gasteiger partial charge in [0.1, 0.15) is 6.04 Å². The molecule has 1 saturated carbocycles. The third-order valence-electron chi connectivity index (χ3n) is 5.96. The van der Waals surface area contributed by atoms with E-state index in [2.05, 4.69) is 11.4 Å². The number of rotatable bonds is 8. The second-order valence-electron chi connectivity index (χ2n) is 8.41. The normalized spacial score (nSPS) is 15.4. The Labute approximate surface area is 180 Å². The van der Waals surface area contributed by atoms with Gasteiger partial charge in [-0.05, 0) is 30.9 Å². The molecular formula is C26H34N2O2. The van der Waals surface area contributed by atoms with Gasteiger partial charge in [0.2, 0.25) is 11.8 Å². The van der Waals surface area contributed by atoms with Crippen molar-refractivity contribution >= 4 is 11.8 Å². The van der Waals surface area contributed by atoms with Crippen LogP contribution in [0.5, 0.6) is 0 Å².